The number of piperazine rings is 1. The van der Waals surface area contributed by atoms with Crippen molar-refractivity contribution in [2.45, 2.75) is 6.18 Å². The van der Waals surface area contributed by atoms with Crippen molar-refractivity contribution in [1.82, 2.24) is 15.1 Å². The number of nitrogens with zero attached hydrogens (tertiary/aromatic N) is 4. The maximum atomic E-state index is 12.4. The summed E-state index contributed by atoms with van der Waals surface area (Å²) in [6.45, 7) is -1.34. The minimum atomic E-state index is -4.43. The Labute approximate surface area is 152 Å². The van der Waals surface area contributed by atoms with Gasteiger partial charge in [0.15, 0.2) is 11.5 Å². The minimum absolute atomic E-state index is 0.0593. The number of carbonyl (C=O) groups is 2. The first kappa shape index (κ1) is 18.6. The van der Waals surface area contributed by atoms with Gasteiger partial charge >= 0.3 is 6.18 Å². The summed E-state index contributed by atoms with van der Waals surface area (Å²) in [5.41, 5.74) is 0.699. The van der Waals surface area contributed by atoms with Crippen LogP contribution in [0, 0.1) is 0 Å². The summed E-state index contributed by atoms with van der Waals surface area (Å²) >= 11 is 0. The highest BCUT2D eigenvalue weighted by molar-refractivity contribution is 6.02. The Bertz CT molecular complexity index is 812. The average Bonchev–Trinajstić information content (AvgIpc) is 2.63. The van der Waals surface area contributed by atoms with E-state index in [9.17, 15) is 22.8 Å². The number of rotatable bonds is 4. The summed E-state index contributed by atoms with van der Waals surface area (Å²) in [5, 5.41) is 10.4. The molecule has 2 amide bonds. The van der Waals surface area contributed by atoms with E-state index in [-0.39, 0.29) is 25.3 Å². The molecule has 2 heterocycles. The quantitative estimate of drug-likeness (QED) is 0.879. The lowest BCUT2D eigenvalue weighted by molar-refractivity contribution is -0.161. The van der Waals surface area contributed by atoms with E-state index in [0.29, 0.717) is 11.5 Å². The Hall–Kier alpha value is -3.17. The van der Waals surface area contributed by atoms with Crippen LogP contribution in [0.3, 0.4) is 0 Å². The van der Waals surface area contributed by atoms with Crippen LogP contribution in [0.4, 0.5) is 24.7 Å². The number of aromatic nitrogens is 2. The third-order valence-electron chi connectivity index (χ3n) is 3.93. The fourth-order valence-electron chi connectivity index (χ4n) is 2.62. The predicted octanol–water partition coefficient (Wildman–Crippen LogP) is 1.94. The highest BCUT2D eigenvalue weighted by Gasteiger charge is 2.35. The molecular weight excluding hydrogens is 363 g/mol. The van der Waals surface area contributed by atoms with E-state index in [1.807, 2.05) is 6.07 Å². The highest BCUT2D eigenvalue weighted by atomic mass is 19.4. The third kappa shape index (κ3) is 4.93. The number of benzene rings is 1. The Kier molecular flexibility index (Phi) is 5.24. The van der Waals surface area contributed by atoms with E-state index in [4.69, 9.17) is 0 Å². The molecule has 0 bridgehead atoms. The zero-order chi connectivity index (χ0) is 19.4. The first-order chi connectivity index (χ1) is 12.8. The molecule has 1 aliphatic rings. The van der Waals surface area contributed by atoms with E-state index in [1.165, 1.54) is 17.0 Å². The largest absolute Gasteiger partial charge is 0.406 e. The number of nitrogens with one attached hydrogen (secondary N) is 1. The van der Waals surface area contributed by atoms with Crippen LogP contribution >= 0.6 is 0 Å². The van der Waals surface area contributed by atoms with Gasteiger partial charge in [0.2, 0.25) is 5.91 Å². The second kappa shape index (κ2) is 7.60. The summed E-state index contributed by atoms with van der Waals surface area (Å²) < 4.78 is 37.3. The summed E-state index contributed by atoms with van der Waals surface area (Å²) in [4.78, 5) is 26.3. The molecule has 10 heteroatoms. The van der Waals surface area contributed by atoms with Crippen molar-refractivity contribution < 1.29 is 22.8 Å². The Morgan fingerprint density at radius 3 is 2.41 bits per heavy atom. The molecule has 1 aromatic heterocycles. The first-order valence-corrected chi connectivity index (χ1v) is 8.11. The van der Waals surface area contributed by atoms with Gasteiger partial charge in [0.05, 0.1) is 6.54 Å². The molecule has 27 heavy (non-hydrogen) atoms. The van der Waals surface area contributed by atoms with Gasteiger partial charge in [-0.3, -0.25) is 9.59 Å². The summed E-state index contributed by atoms with van der Waals surface area (Å²) in [7, 11) is 0. The van der Waals surface area contributed by atoms with Gasteiger partial charge in [-0.1, -0.05) is 18.2 Å². The van der Waals surface area contributed by atoms with E-state index < -0.39 is 24.5 Å². The van der Waals surface area contributed by atoms with Crippen molar-refractivity contribution in [2.24, 2.45) is 0 Å². The lowest BCUT2D eigenvalue weighted by Gasteiger charge is -2.34. The molecule has 1 saturated heterocycles. The smallest absolute Gasteiger partial charge is 0.344 e. The van der Waals surface area contributed by atoms with Gasteiger partial charge in [0.1, 0.15) is 6.54 Å². The Morgan fingerprint density at radius 2 is 1.81 bits per heavy atom. The van der Waals surface area contributed by atoms with Crippen LogP contribution in [-0.4, -0.2) is 59.3 Å². The van der Waals surface area contributed by atoms with Gasteiger partial charge in [-0.15, -0.1) is 10.2 Å². The summed E-state index contributed by atoms with van der Waals surface area (Å²) in [5.74, 6) is -0.746. The Morgan fingerprint density at radius 1 is 1.07 bits per heavy atom. The minimum Gasteiger partial charge on any atom is -0.344 e. The van der Waals surface area contributed by atoms with Crippen LogP contribution in [0.1, 0.15) is 10.5 Å². The molecule has 1 aliphatic heterocycles. The molecule has 0 spiro atoms. The predicted molar refractivity (Wildman–Crippen MR) is 91.3 cm³/mol. The van der Waals surface area contributed by atoms with Gasteiger partial charge < -0.3 is 15.1 Å². The van der Waals surface area contributed by atoms with Gasteiger partial charge in [0.25, 0.3) is 5.91 Å². The van der Waals surface area contributed by atoms with E-state index >= 15 is 0 Å². The van der Waals surface area contributed by atoms with Crippen molar-refractivity contribution in [1.29, 1.82) is 0 Å². The van der Waals surface area contributed by atoms with Crippen LogP contribution < -0.4 is 10.2 Å². The maximum absolute atomic E-state index is 12.4. The zero-order valence-electron chi connectivity index (χ0n) is 14.1. The van der Waals surface area contributed by atoms with Crippen LogP contribution in [0.15, 0.2) is 42.5 Å². The summed E-state index contributed by atoms with van der Waals surface area (Å²) in [6.07, 6.45) is -4.43. The standard InChI is InChI=1S/C17H16F3N5O2/c18-17(19,20)11-25-9-8-24(10-15(25)26)14-7-6-13(22-23-14)16(27)21-12-4-2-1-3-5-12/h1-7H,8-11H2,(H,21,27). The fraction of sp³-hybridized carbons (Fsp3) is 0.294. The third-order valence-corrected chi connectivity index (χ3v) is 3.93. The van der Waals surface area contributed by atoms with Gasteiger partial charge in [-0.05, 0) is 24.3 Å². The van der Waals surface area contributed by atoms with Crippen molar-refractivity contribution >= 4 is 23.3 Å². The van der Waals surface area contributed by atoms with Crippen molar-refractivity contribution in [2.75, 3.05) is 36.4 Å². The van der Waals surface area contributed by atoms with Gasteiger partial charge in [-0.25, -0.2) is 0 Å². The number of alkyl halides is 3. The van der Waals surface area contributed by atoms with Crippen molar-refractivity contribution in [3.63, 3.8) is 0 Å². The molecule has 3 rings (SSSR count). The topological polar surface area (TPSA) is 78.4 Å². The molecule has 1 fully saturated rings. The van der Waals surface area contributed by atoms with Gasteiger partial charge in [0, 0.05) is 18.8 Å². The molecule has 0 atom stereocenters. The van der Waals surface area contributed by atoms with Crippen molar-refractivity contribution in [3.8, 4) is 0 Å². The molecule has 1 aromatic carbocycles. The number of para-hydroxylation sites is 1. The summed E-state index contributed by atoms with van der Waals surface area (Å²) in [6, 6.07) is 11.8. The van der Waals surface area contributed by atoms with Crippen LogP contribution in [0.25, 0.3) is 0 Å². The molecule has 0 saturated carbocycles. The molecular formula is C17H16F3N5O2. The monoisotopic (exact) mass is 379 g/mol. The van der Waals surface area contributed by atoms with Crippen LogP contribution in [0.5, 0.6) is 0 Å². The molecule has 2 aromatic rings. The lowest BCUT2D eigenvalue weighted by Crippen LogP contribution is -2.53. The molecule has 0 unspecified atom stereocenters. The van der Waals surface area contributed by atoms with E-state index in [2.05, 4.69) is 15.5 Å². The number of anilines is 2. The second-order valence-electron chi connectivity index (χ2n) is 5.95. The second-order valence-corrected chi connectivity index (χ2v) is 5.95. The number of halogens is 3. The highest BCUT2D eigenvalue weighted by Crippen LogP contribution is 2.20. The van der Waals surface area contributed by atoms with E-state index in [1.54, 1.807) is 24.3 Å². The van der Waals surface area contributed by atoms with Crippen LogP contribution in [0.2, 0.25) is 0 Å². The maximum Gasteiger partial charge on any atom is 0.406 e. The number of hydrogen-bond donors (Lipinski definition) is 1. The molecule has 0 aliphatic carbocycles. The lowest BCUT2D eigenvalue weighted by atomic mass is 10.2. The number of amides is 2. The Balaban J connectivity index is 1.61. The molecule has 142 valence electrons. The normalized spacial score (nSPS) is 15.0. The van der Waals surface area contributed by atoms with Crippen molar-refractivity contribution in [3.05, 3.63) is 48.2 Å². The fourth-order valence-corrected chi connectivity index (χ4v) is 2.62. The molecule has 7 nitrogen and oxygen atoms in total. The molecule has 1 N–H and O–H groups in total. The number of hydrogen-bond acceptors (Lipinski definition) is 5. The zero-order valence-corrected chi connectivity index (χ0v) is 14.1. The number of carbonyl (C=O) groups excluding carboxylic acids is 2. The van der Waals surface area contributed by atoms with Gasteiger partial charge in [-0.2, -0.15) is 13.2 Å². The molecule has 0 radical (unpaired) electrons. The van der Waals surface area contributed by atoms with E-state index in [0.717, 1.165) is 4.90 Å². The SMILES string of the molecule is O=C(Nc1ccccc1)c1ccc(N2CCN(CC(F)(F)F)C(=O)C2)nn1. The average molecular weight is 379 g/mol. The first-order valence-electron chi connectivity index (χ1n) is 8.11. The van der Waals surface area contributed by atoms with Crippen LogP contribution in [-0.2, 0) is 4.79 Å².